The van der Waals surface area contributed by atoms with E-state index in [1.807, 2.05) is 46.8 Å². The molecule has 0 aliphatic carbocycles. The fourth-order valence-corrected chi connectivity index (χ4v) is 4.01. The predicted molar refractivity (Wildman–Crippen MR) is 144 cm³/mol. The predicted octanol–water partition coefficient (Wildman–Crippen LogP) is 7.03. The van der Waals surface area contributed by atoms with Gasteiger partial charge in [0.2, 0.25) is 5.43 Å². The van der Waals surface area contributed by atoms with Gasteiger partial charge in [-0.2, -0.15) is 0 Å². The molecule has 0 saturated heterocycles. The van der Waals surface area contributed by atoms with Crippen molar-refractivity contribution in [2.24, 2.45) is 0 Å². The molecule has 0 radical (unpaired) electrons. The van der Waals surface area contributed by atoms with E-state index in [0.717, 1.165) is 30.1 Å². The molecule has 36 heavy (non-hydrogen) atoms. The first-order valence-corrected chi connectivity index (χ1v) is 12.0. The van der Waals surface area contributed by atoms with Gasteiger partial charge in [-0.05, 0) is 72.4 Å². The van der Waals surface area contributed by atoms with Gasteiger partial charge in [0.15, 0.2) is 0 Å². The first-order valence-electron chi connectivity index (χ1n) is 12.0. The molecule has 6 heteroatoms. The Labute approximate surface area is 211 Å². The fraction of sp³-hybridized carbons (Fsp3) is 0.300. The van der Waals surface area contributed by atoms with E-state index >= 15 is 0 Å². The van der Waals surface area contributed by atoms with E-state index in [9.17, 15) is 25.2 Å². The van der Waals surface area contributed by atoms with Crippen molar-refractivity contribution in [3.05, 3.63) is 80.6 Å². The Morgan fingerprint density at radius 2 is 1.47 bits per heavy atom. The summed E-state index contributed by atoms with van der Waals surface area (Å²) in [5, 5.41) is 41.5. The zero-order valence-corrected chi connectivity index (χ0v) is 21.5. The maximum Gasteiger partial charge on any atom is 0.200 e. The highest BCUT2D eigenvalue weighted by molar-refractivity contribution is 5.90. The lowest BCUT2D eigenvalue weighted by atomic mass is 9.97. The summed E-state index contributed by atoms with van der Waals surface area (Å²) in [6.45, 7) is 9.92. The molecule has 2 aromatic carbocycles. The third-order valence-corrected chi connectivity index (χ3v) is 6.01. The third-order valence-electron chi connectivity index (χ3n) is 6.01. The van der Waals surface area contributed by atoms with Crippen molar-refractivity contribution >= 4 is 11.0 Å². The molecule has 0 unspecified atom stereocenters. The number of phenols is 4. The van der Waals surface area contributed by atoms with E-state index in [2.05, 4.69) is 6.08 Å². The van der Waals surface area contributed by atoms with Crippen LogP contribution in [0.5, 0.6) is 23.0 Å². The molecule has 0 aliphatic rings. The van der Waals surface area contributed by atoms with Crippen LogP contribution in [-0.4, -0.2) is 20.4 Å². The van der Waals surface area contributed by atoms with Gasteiger partial charge < -0.3 is 24.8 Å². The molecule has 6 nitrogen and oxygen atoms in total. The maximum atomic E-state index is 13.8. The van der Waals surface area contributed by atoms with Gasteiger partial charge >= 0.3 is 0 Å². The molecule has 0 amide bonds. The van der Waals surface area contributed by atoms with E-state index in [1.165, 1.54) is 23.8 Å². The summed E-state index contributed by atoms with van der Waals surface area (Å²) in [5.74, 6) is -0.816. The topological polar surface area (TPSA) is 111 Å². The minimum Gasteiger partial charge on any atom is -0.508 e. The largest absolute Gasteiger partial charge is 0.508 e. The second-order valence-corrected chi connectivity index (χ2v) is 9.60. The first kappa shape index (κ1) is 26.7. The minimum absolute atomic E-state index is 0.0161. The van der Waals surface area contributed by atoms with Crippen LogP contribution in [0.2, 0.25) is 0 Å². The molecule has 1 heterocycles. The Morgan fingerprint density at radius 1 is 0.806 bits per heavy atom. The second kappa shape index (κ2) is 11.2. The summed E-state index contributed by atoms with van der Waals surface area (Å²) in [6.07, 6.45) is 8.21. The van der Waals surface area contributed by atoms with Crippen molar-refractivity contribution in [3.63, 3.8) is 0 Å². The Bertz CT molecular complexity index is 1430. The number of hydrogen-bond donors (Lipinski definition) is 4. The molecular formula is C30H34O6. The number of fused-ring (bicyclic) bond motifs is 1. The van der Waals surface area contributed by atoms with Crippen molar-refractivity contribution in [2.45, 2.75) is 60.3 Å². The van der Waals surface area contributed by atoms with Gasteiger partial charge in [-0.1, -0.05) is 34.9 Å². The molecular weight excluding hydrogens is 456 g/mol. The highest BCUT2D eigenvalue weighted by Crippen LogP contribution is 2.40. The zero-order chi connectivity index (χ0) is 26.6. The van der Waals surface area contributed by atoms with E-state index in [0.29, 0.717) is 5.56 Å². The second-order valence-electron chi connectivity index (χ2n) is 9.60. The molecule has 0 saturated carbocycles. The summed E-state index contributed by atoms with van der Waals surface area (Å²) in [6, 6.07) is 5.21. The molecule has 0 atom stereocenters. The molecule has 0 spiro atoms. The first-order chi connectivity index (χ1) is 17.0. The van der Waals surface area contributed by atoms with Gasteiger partial charge in [-0.25, -0.2) is 0 Å². The van der Waals surface area contributed by atoms with Crippen LogP contribution in [0.4, 0.5) is 0 Å². The summed E-state index contributed by atoms with van der Waals surface area (Å²) in [4.78, 5) is 13.8. The quantitative estimate of drug-likeness (QED) is 0.252. The highest BCUT2D eigenvalue weighted by atomic mass is 16.3. The maximum absolute atomic E-state index is 13.8. The summed E-state index contributed by atoms with van der Waals surface area (Å²) < 4.78 is 6.22. The lowest BCUT2D eigenvalue weighted by Crippen LogP contribution is -2.12. The number of benzene rings is 2. The molecule has 0 aliphatic heterocycles. The van der Waals surface area contributed by atoms with Crippen molar-refractivity contribution in [1.29, 1.82) is 0 Å². The van der Waals surface area contributed by atoms with Crippen LogP contribution in [0.1, 0.15) is 58.6 Å². The zero-order valence-electron chi connectivity index (χ0n) is 21.5. The Kier molecular flexibility index (Phi) is 8.30. The van der Waals surface area contributed by atoms with Gasteiger partial charge in [0.25, 0.3) is 0 Å². The third kappa shape index (κ3) is 6.00. The average molecular weight is 491 g/mol. The van der Waals surface area contributed by atoms with Crippen LogP contribution in [0.3, 0.4) is 0 Å². The number of hydrogen-bond acceptors (Lipinski definition) is 6. The SMILES string of the molecule is CC(C)=CCC/C(C)=C/Cc1c(-c2ccc(O)cc2O)oc2c(CC=C(C)C)c(O)cc(O)c2c1=O. The molecule has 1 aromatic heterocycles. The average Bonchev–Trinajstić information content (AvgIpc) is 2.77. The highest BCUT2D eigenvalue weighted by Gasteiger charge is 2.23. The van der Waals surface area contributed by atoms with Crippen LogP contribution >= 0.6 is 0 Å². The number of allylic oxidation sites excluding steroid dienone is 6. The smallest absolute Gasteiger partial charge is 0.200 e. The monoisotopic (exact) mass is 490 g/mol. The van der Waals surface area contributed by atoms with Crippen LogP contribution in [0.25, 0.3) is 22.3 Å². The van der Waals surface area contributed by atoms with Gasteiger partial charge in [0, 0.05) is 23.3 Å². The molecule has 0 fully saturated rings. The van der Waals surface area contributed by atoms with Crippen LogP contribution in [-0.2, 0) is 12.8 Å². The Balaban J connectivity index is 2.28. The number of aromatic hydroxyl groups is 4. The van der Waals surface area contributed by atoms with Crippen LogP contribution in [0.15, 0.2) is 68.4 Å². The lowest BCUT2D eigenvalue weighted by molar-refractivity contribution is 0.447. The molecule has 190 valence electrons. The summed E-state index contributed by atoms with van der Waals surface area (Å²) in [7, 11) is 0. The van der Waals surface area contributed by atoms with Crippen molar-refractivity contribution < 1.29 is 24.8 Å². The van der Waals surface area contributed by atoms with Gasteiger partial charge in [-0.15, -0.1) is 0 Å². The normalized spacial score (nSPS) is 11.5. The Hall–Kier alpha value is -3.93. The lowest BCUT2D eigenvalue weighted by Gasteiger charge is -2.14. The van der Waals surface area contributed by atoms with Gasteiger partial charge in [0.05, 0.1) is 5.56 Å². The van der Waals surface area contributed by atoms with E-state index in [4.69, 9.17) is 4.42 Å². The van der Waals surface area contributed by atoms with E-state index in [1.54, 1.807) is 0 Å². The molecule has 3 rings (SSSR count). The summed E-state index contributed by atoms with van der Waals surface area (Å²) >= 11 is 0. The number of phenolic OH excluding ortho intramolecular Hbond substituents is 4. The van der Waals surface area contributed by atoms with E-state index < -0.39 is 5.43 Å². The van der Waals surface area contributed by atoms with Crippen LogP contribution < -0.4 is 5.43 Å². The number of rotatable bonds is 8. The summed E-state index contributed by atoms with van der Waals surface area (Å²) in [5.41, 5.74) is 3.82. The van der Waals surface area contributed by atoms with Crippen molar-refractivity contribution in [1.82, 2.24) is 0 Å². The molecule has 0 bridgehead atoms. The Morgan fingerprint density at radius 3 is 2.11 bits per heavy atom. The minimum atomic E-state index is -0.442. The van der Waals surface area contributed by atoms with Gasteiger partial charge in [0.1, 0.15) is 39.7 Å². The fourth-order valence-electron chi connectivity index (χ4n) is 4.01. The van der Waals surface area contributed by atoms with E-state index in [-0.39, 0.29) is 63.7 Å². The van der Waals surface area contributed by atoms with Crippen molar-refractivity contribution in [2.75, 3.05) is 0 Å². The van der Waals surface area contributed by atoms with Gasteiger partial charge in [-0.3, -0.25) is 4.79 Å². The van der Waals surface area contributed by atoms with Crippen molar-refractivity contribution in [3.8, 4) is 34.3 Å². The van der Waals surface area contributed by atoms with Crippen LogP contribution in [0, 0.1) is 0 Å². The standard InChI is InChI=1S/C30H34O6/c1-17(2)7-6-8-19(5)10-13-23-28(35)27-26(34)16-25(33)22(12-9-18(3)4)30(27)36-29(23)21-14-11-20(31)15-24(21)32/h7,9-11,14-16,31-34H,6,8,12-13H2,1-5H3/b19-10+. The molecule has 4 N–H and O–H groups in total. The molecule has 3 aromatic rings.